The van der Waals surface area contributed by atoms with Crippen molar-refractivity contribution in [2.24, 2.45) is 0 Å². The van der Waals surface area contributed by atoms with Gasteiger partial charge in [0, 0.05) is 25.3 Å². The van der Waals surface area contributed by atoms with Crippen molar-refractivity contribution in [1.82, 2.24) is 4.90 Å². The SMILES string of the molecule is COc1ccc(N(CCC(=O)O)CC(=O)N2CCCC2)cc1. The molecule has 1 aromatic carbocycles. The summed E-state index contributed by atoms with van der Waals surface area (Å²) < 4.78 is 5.12. The predicted molar refractivity (Wildman–Crippen MR) is 83.3 cm³/mol. The molecule has 1 fully saturated rings. The molecule has 1 aromatic rings. The van der Waals surface area contributed by atoms with Gasteiger partial charge in [-0.15, -0.1) is 0 Å². The summed E-state index contributed by atoms with van der Waals surface area (Å²) in [7, 11) is 1.59. The Balaban J connectivity index is 2.06. The van der Waals surface area contributed by atoms with Crippen LogP contribution >= 0.6 is 0 Å². The minimum Gasteiger partial charge on any atom is -0.497 e. The second-order valence-electron chi connectivity index (χ2n) is 5.35. The Hall–Kier alpha value is -2.24. The first-order valence-corrected chi connectivity index (χ1v) is 7.48. The fourth-order valence-corrected chi connectivity index (χ4v) is 2.55. The van der Waals surface area contributed by atoms with Gasteiger partial charge in [-0.2, -0.15) is 0 Å². The highest BCUT2D eigenvalue weighted by atomic mass is 16.5. The molecule has 0 unspecified atom stereocenters. The average molecular weight is 306 g/mol. The minimum absolute atomic E-state index is 0.000685. The molecular weight excluding hydrogens is 284 g/mol. The normalized spacial score (nSPS) is 14.0. The maximum absolute atomic E-state index is 12.3. The van der Waals surface area contributed by atoms with Crippen LogP contribution in [0.2, 0.25) is 0 Å². The zero-order valence-electron chi connectivity index (χ0n) is 12.8. The Morgan fingerprint density at radius 1 is 1.23 bits per heavy atom. The Morgan fingerprint density at radius 2 is 1.86 bits per heavy atom. The summed E-state index contributed by atoms with van der Waals surface area (Å²) in [5, 5.41) is 8.90. The van der Waals surface area contributed by atoms with E-state index in [0.717, 1.165) is 37.4 Å². The quantitative estimate of drug-likeness (QED) is 0.828. The number of likely N-dealkylation sites (tertiary alicyclic amines) is 1. The maximum atomic E-state index is 12.3. The molecule has 0 bridgehead atoms. The van der Waals surface area contributed by atoms with Crippen LogP contribution < -0.4 is 9.64 Å². The van der Waals surface area contributed by atoms with Crippen LogP contribution in [0.5, 0.6) is 5.75 Å². The molecule has 120 valence electrons. The molecule has 0 aliphatic carbocycles. The fraction of sp³-hybridized carbons (Fsp3) is 0.500. The molecule has 1 amide bonds. The first-order valence-electron chi connectivity index (χ1n) is 7.48. The summed E-state index contributed by atoms with van der Waals surface area (Å²) in [4.78, 5) is 26.8. The molecule has 0 spiro atoms. The van der Waals surface area contributed by atoms with E-state index in [1.807, 2.05) is 34.1 Å². The molecule has 0 atom stereocenters. The number of carboxylic acid groups (broad SMARTS) is 1. The first-order chi connectivity index (χ1) is 10.6. The van der Waals surface area contributed by atoms with Gasteiger partial charge in [-0.05, 0) is 37.1 Å². The largest absolute Gasteiger partial charge is 0.497 e. The van der Waals surface area contributed by atoms with E-state index in [1.54, 1.807) is 7.11 Å². The van der Waals surface area contributed by atoms with Crippen molar-refractivity contribution in [2.45, 2.75) is 19.3 Å². The van der Waals surface area contributed by atoms with Crippen LogP contribution in [0.4, 0.5) is 5.69 Å². The number of carbonyl (C=O) groups excluding carboxylic acids is 1. The number of rotatable bonds is 7. The molecule has 0 radical (unpaired) electrons. The Labute approximate surface area is 130 Å². The van der Waals surface area contributed by atoms with Crippen LogP contribution in [0.3, 0.4) is 0 Å². The van der Waals surface area contributed by atoms with Crippen LogP contribution in [0.25, 0.3) is 0 Å². The lowest BCUT2D eigenvalue weighted by Gasteiger charge is -2.26. The first kappa shape index (κ1) is 16.1. The minimum atomic E-state index is -0.868. The van der Waals surface area contributed by atoms with E-state index in [9.17, 15) is 9.59 Å². The summed E-state index contributed by atoms with van der Waals surface area (Å²) in [6.45, 7) is 2.11. The van der Waals surface area contributed by atoms with E-state index in [1.165, 1.54) is 0 Å². The summed E-state index contributed by atoms with van der Waals surface area (Å²) in [6.07, 6.45) is 2.09. The highest BCUT2D eigenvalue weighted by molar-refractivity contribution is 5.82. The molecule has 22 heavy (non-hydrogen) atoms. The van der Waals surface area contributed by atoms with Crippen molar-refractivity contribution >= 4 is 17.6 Å². The summed E-state index contributed by atoms with van der Waals surface area (Å²) in [5.74, 6) is -0.0846. The number of carbonyl (C=O) groups is 2. The monoisotopic (exact) mass is 306 g/mol. The third-order valence-corrected chi connectivity index (χ3v) is 3.82. The molecule has 0 saturated carbocycles. The van der Waals surface area contributed by atoms with Gasteiger partial charge in [-0.1, -0.05) is 0 Å². The maximum Gasteiger partial charge on any atom is 0.305 e. The van der Waals surface area contributed by atoms with Crippen LogP contribution in [-0.4, -0.2) is 55.2 Å². The Bertz CT molecular complexity index is 509. The number of ether oxygens (including phenoxy) is 1. The van der Waals surface area contributed by atoms with Crippen LogP contribution in [0.15, 0.2) is 24.3 Å². The molecule has 1 saturated heterocycles. The second kappa shape index (κ2) is 7.68. The van der Waals surface area contributed by atoms with Crippen molar-refractivity contribution < 1.29 is 19.4 Å². The van der Waals surface area contributed by atoms with E-state index in [-0.39, 0.29) is 18.9 Å². The van der Waals surface area contributed by atoms with Gasteiger partial charge in [-0.25, -0.2) is 0 Å². The standard InChI is InChI=1S/C16H22N2O4/c1-22-14-6-4-13(5-7-14)18(11-8-16(20)21)12-15(19)17-9-2-3-10-17/h4-7H,2-3,8-12H2,1H3,(H,20,21). The summed E-state index contributed by atoms with van der Waals surface area (Å²) >= 11 is 0. The molecule has 6 heteroatoms. The zero-order valence-corrected chi connectivity index (χ0v) is 12.8. The molecular formula is C16H22N2O4. The molecule has 1 aliphatic rings. The van der Waals surface area contributed by atoms with Crippen LogP contribution in [0, 0.1) is 0 Å². The Morgan fingerprint density at radius 3 is 2.41 bits per heavy atom. The molecule has 0 aromatic heterocycles. The Kier molecular flexibility index (Phi) is 5.63. The van der Waals surface area contributed by atoms with Gasteiger partial charge in [0.15, 0.2) is 0 Å². The lowest BCUT2D eigenvalue weighted by atomic mass is 10.2. The van der Waals surface area contributed by atoms with E-state index >= 15 is 0 Å². The van der Waals surface area contributed by atoms with E-state index in [2.05, 4.69) is 0 Å². The number of benzene rings is 1. The van der Waals surface area contributed by atoms with Gasteiger partial charge in [0.2, 0.25) is 5.91 Å². The smallest absolute Gasteiger partial charge is 0.305 e. The van der Waals surface area contributed by atoms with Crippen molar-refractivity contribution in [3.8, 4) is 5.75 Å². The topological polar surface area (TPSA) is 70.1 Å². The van der Waals surface area contributed by atoms with E-state index < -0.39 is 5.97 Å². The molecule has 1 N–H and O–H groups in total. The van der Waals surface area contributed by atoms with E-state index in [4.69, 9.17) is 9.84 Å². The van der Waals surface area contributed by atoms with Gasteiger partial charge in [0.05, 0.1) is 20.1 Å². The van der Waals surface area contributed by atoms with Gasteiger partial charge < -0.3 is 19.6 Å². The molecule has 6 nitrogen and oxygen atoms in total. The predicted octanol–water partition coefficient (Wildman–Crippen LogP) is 1.60. The van der Waals surface area contributed by atoms with Crippen LogP contribution in [0.1, 0.15) is 19.3 Å². The van der Waals surface area contributed by atoms with Gasteiger partial charge in [-0.3, -0.25) is 9.59 Å². The molecule has 1 heterocycles. The van der Waals surface area contributed by atoms with Crippen molar-refractivity contribution in [3.63, 3.8) is 0 Å². The van der Waals surface area contributed by atoms with E-state index in [0.29, 0.717) is 6.54 Å². The third-order valence-electron chi connectivity index (χ3n) is 3.82. The van der Waals surface area contributed by atoms with Crippen LogP contribution in [-0.2, 0) is 9.59 Å². The number of methoxy groups -OCH3 is 1. The van der Waals surface area contributed by atoms with Crippen molar-refractivity contribution in [2.75, 3.05) is 38.2 Å². The number of hydrogen-bond donors (Lipinski definition) is 1. The average Bonchev–Trinajstić information content (AvgIpc) is 3.05. The fourth-order valence-electron chi connectivity index (χ4n) is 2.55. The lowest BCUT2D eigenvalue weighted by Crippen LogP contribution is -2.39. The van der Waals surface area contributed by atoms with Crippen molar-refractivity contribution in [1.29, 1.82) is 0 Å². The van der Waals surface area contributed by atoms with Gasteiger partial charge in [0.25, 0.3) is 0 Å². The second-order valence-corrected chi connectivity index (χ2v) is 5.35. The number of hydrogen-bond acceptors (Lipinski definition) is 4. The lowest BCUT2D eigenvalue weighted by molar-refractivity contribution is -0.137. The highest BCUT2D eigenvalue weighted by Gasteiger charge is 2.21. The number of amides is 1. The summed E-state index contributed by atoms with van der Waals surface area (Å²) in [6, 6.07) is 7.31. The van der Waals surface area contributed by atoms with Gasteiger partial charge >= 0.3 is 5.97 Å². The van der Waals surface area contributed by atoms with Gasteiger partial charge in [0.1, 0.15) is 5.75 Å². The zero-order chi connectivity index (χ0) is 15.9. The number of anilines is 1. The third kappa shape index (κ3) is 4.38. The molecule has 2 rings (SSSR count). The number of carboxylic acids is 1. The highest BCUT2D eigenvalue weighted by Crippen LogP contribution is 2.20. The number of aliphatic carboxylic acids is 1. The molecule has 1 aliphatic heterocycles. The van der Waals surface area contributed by atoms with Crippen molar-refractivity contribution in [3.05, 3.63) is 24.3 Å². The number of nitrogens with zero attached hydrogens (tertiary/aromatic N) is 2. The summed E-state index contributed by atoms with van der Waals surface area (Å²) in [5.41, 5.74) is 0.828.